The maximum absolute atomic E-state index is 12.0. The maximum atomic E-state index is 12.0. The highest BCUT2D eigenvalue weighted by molar-refractivity contribution is 9.10. The van der Waals surface area contributed by atoms with Gasteiger partial charge in [-0.3, -0.25) is 5.10 Å². The predicted molar refractivity (Wildman–Crippen MR) is 86.1 cm³/mol. The molecule has 0 saturated carbocycles. The number of benzene rings is 1. The SMILES string of the molecule is COC(=O)c1[nH]nc(-c2ccc(Br)cc2)c1N1CCOCC1. The molecule has 0 unspecified atom stereocenters. The number of carbonyl (C=O) groups is 1. The Bertz CT molecular complexity index is 663. The Kier molecular flexibility index (Phi) is 4.44. The van der Waals surface area contributed by atoms with Crippen molar-refractivity contribution in [3.05, 3.63) is 34.4 Å². The van der Waals surface area contributed by atoms with Gasteiger partial charge in [-0.15, -0.1) is 0 Å². The number of hydrogen-bond donors (Lipinski definition) is 1. The molecule has 2 aromatic rings. The molecular formula is C15H16BrN3O3. The van der Waals surface area contributed by atoms with Gasteiger partial charge in [-0.2, -0.15) is 5.10 Å². The molecule has 0 amide bonds. The van der Waals surface area contributed by atoms with E-state index < -0.39 is 5.97 Å². The molecule has 1 aliphatic heterocycles. The summed E-state index contributed by atoms with van der Waals surface area (Å²) >= 11 is 3.42. The van der Waals surface area contributed by atoms with Crippen molar-refractivity contribution in [2.24, 2.45) is 0 Å². The first-order valence-electron chi connectivity index (χ1n) is 6.96. The fourth-order valence-corrected chi connectivity index (χ4v) is 2.75. The number of hydrogen-bond acceptors (Lipinski definition) is 5. The van der Waals surface area contributed by atoms with Crippen LogP contribution in [0.3, 0.4) is 0 Å². The van der Waals surface area contributed by atoms with Crippen molar-refractivity contribution in [2.75, 3.05) is 38.3 Å². The Morgan fingerprint density at radius 3 is 2.64 bits per heavy atom. The second-order valence-corrected chi connectivity index (χ2v) is 5.81. The third-order valence-corrected chi connectivity index (χ3v) is 4.10. The van der Waals surface area contributed by atoms with Crippen LogP contribution in [0.25, 0.3) is 11.3 Å². The van der Waals surface area contributed by atoms with Gasteiger partial charge < -0.3 is 14.4 Å². The number of esters is 1. The third kappa shape index (κ3) is 2.86. The molecule has 0 atom stereocenters. The number of ether oxygens (including phenoxy) is 2. The van der Waals surface area contributed by atoms with Crippen molar-refractivity contribution in [1.29, 1.82) is 0 Å². The molecule has 0 aliphatic carbocycles. The molecule has 6 nitrogen and oxygen atoms in total. The lowest BCUT2D eigenvalue weighted by atomic mass is 10.1. The first kappa shape index (κ1) is 15.1. The van der Waals surface area contributed by atoms with Crippen LogP contribution in [-0.4, -0.2) is 49.6 Å². The normalized spacial score (nSPS) is 14.9. The molecule has 1 N–H and O–H groups in total. The van der Waals surface area contributed by atoms with E-state index in [2.05, 4.69) is 31.0 Å². The lowest BCUT2D eigenvalue weighted by Crippen LogP contribution is -2.37. The van der Waals surface area contributed by atoms with Gasteiger partial charge in [0.05, 0.1) is 26.0 Å². The summed E-state index contributed by atoms with van der Waals surface area (Å²) in [5.74, 6) is -0.419. The number of carbonyl (C=O) groups excluding carboxylic acids is 1. The number of nitrogens with one attached hydrogen (secondary N) is 1. The van der Waals surface area contributed by atoms with E-state index in [1.165, 1.54) is 7.11 Å². The van der Waals surface area contributed by atoms with Crippen LogP contribution in [0.1, 0.15) is 10.5 Å². The molecule has 3 rings (SSSR count). The van der Waals surface area contributed by atoms with E-state index in [1.807, 2.05) is 24.3 Å². The fourth-order valence-electron chi connectivity index (χ4n) is 2.48. The highest BCUT2D eigenvalue weighted by Gasteiger charge is 2.26. The summed E-state index contributed by atoms with van der Waals surface area (Å²) in [7, 11) is 1.37. The number of aromatic nitrogens is 2. The van der Waals surface area contributed by atoms with E-state index in [1.54, 1.807) is 0 Å². The molecule has 22 heavy (non-hydrogen) atoms. The average molecular weight is 366 g/mol. The van der Waals surface area contributed by atoms with Crippen LogP contribution in [0.2, 0.25) is 0 Å². The standard InChI is InChI=1S/C15H16BrN3O3/c1-21-15(20)13-14(19-6-8-22-9-7-19)12(17-18-13)10-2-4-11(16)5-3-10/h2-5H,6-9H2,1H3,(H,17,18). The first-order valence-corrected chi connectivity index (χ1v) is 7.75. The summed E-state index contributed by atoms with van der Waals surface area (Å²) in [5, 5.41) is 7.15. The number of nitrogens with zero attached hydrogens (tertiary/aromatic N) is 2. The summed E-state index contributed by atoms with van der Waals surface area (Å²) in [6.45, 7) is 2.69. The van der Waals surface area contributed by atoms with E-state index in [0.717, 1.165) is 21.4 Å². The van der Waals surface area contributed by atoms with Crippen LogP contribution >= 0.6 is 15.9 Å². The van der Waals surface area contributed by atoms with E-state index in [9.17, 15) is 4.79 Å². The smallest absolute Gasteiger partial charge is 0.358 e. The Labute approximate surface area is 136 Å². The van der Waals surface area contributed by atoms with Crippen molar-refractivity contribution in [3.8, 4) is 11.3 Å². The molecule has 1 aromatic carbocycles. The second-order valence-electron chi connectivity index (χ2n) is 4.89. The monoisotopic (exact) mass is 365 g/mol. The predicted octanol–water partition coefficient (Wildman–Crippen LogP) is 2.46. The minimum Gasteiger partial charge on any atom is -0.464 e. The van der Waals surface area contributed by atoms with E-state index >= 15 is 0 Å². The number of anilines is 1. The zero-order valence-corrected chi connectivity index (χ0v) is 13.7. The molecule has 0 bridgehead atoms. The number of rotatable bonds is 3. The molecular weight excluding hydrogens is 350 g/mol. The van der Waals surface area contributed by atoms with Gasteiger partial charge in [0.2, 0.25) is 0 Å². The van der Waals surface area contributed by atoms with Crippen LogP contribution < -0.4 is 4.90 Å². The lowest BCUT2D eigenvalue weighted by Gasteiger charge is -2.29. The summed E-state index contributed by atoms with van der Waals surface area (Å²) in [5.41, 5.74) is 2.84. The van der Waals surface area contributed by atoms with Gasteiger partial charge in [0.1, 0.15) is 5.69 Å². The highest BCUT2D eigenvalue weighted by atomic mass is 79.9. The summed E-state index contributed by atoms with van der Waals surface area (Å²) < 4.78 is 11.2. The quantitative estimate of drug-likeness (QED) is 0.846. The van der Waals surface area contributed by atoms with Gasteiger partial charge in [0.15, 0.2) is 5.69 Å². The van der Waals surface area contributed by atoms with E-state index in [-0.39, 0.29) is 0 Å². The summed E-state index contributed by atoms with van der Waals surface area (Å²) in [6.07, 6.45) is 0. The summed E-state index contributed by atoms with van der Waals surface area (Å²) in [6, 6.07) is 7.83. The number of halogens is 1. The molecule has 116 valence electrons. The number of H-pyrrole nitrogens is 1. The minimum atomic E-state index is -0.419. The van der Waals surface area contributed by atoms with Crippen LogP contribution in [-0.2, 0) is 9.47 Å². The Balaban J connectivity index is 2.07. The van der Waals surface area contributed by atoms with Gasteiger partial charge in [0, 0.05) is 23.1 Å². The molecule has 0 radical (unpaired) electrons. The van der Waals surface area contributed by atoms with Crippen molar-refractivity contribution in [2.45, 2.75) is 0 Å². The van der Waals surface area contributed by atoms with Gasteiger partial charge in [0.25, 0.3) is 0 Å². The van der Waals surface area contributed by atoms with Crippen molar-refractivity contribution < 1.29 is 14.3 Å². The largest absolute Gasteiger partial charge is 0.464 e. The summed E-state index contributed by atoms with van der Waals surface area (Å²) in [4.78, 5) is 14.1. The molecule has 7 heteroatoms. The third-order valence-electron chi connectivity index (χ3n) is 3.58. The van der Waals surface area contributed by atoms with Gasteiger partial charge in [-0.25, -0.2) is 4.79 Å². The fraction of sp³-hybridized carbons (Fsp3) is 0.333. The Morgan fingerprint density at radius 1 is 1.32 bits per heavy atom. The van der Waals surface area contributed by atoms with Crippen LogP contribution in [0.5, 0.6) is 0 Å². The van der Waals surface area contributed by atoms with Gasteiger partial charge >= 0.3 is 5.97 Å². The molecule has 1 fully saturated rings. The maximum Gasteiger partial charge on any atom is 0.358 e. The zero-order chi connectivity index (χ0) is 15.5. The molecule has 1 saturated heterocycles. The number of methoxy groups -OCH3 is 1. The van der Waals surface area contributed by atoms with Gasteiger partial charge in [-0.05, 0) is 12.1 Å². The van der Waals surface area contributed by atoms with Crippen LogP contribution in [0.15, 0.2) is 28.7 Å². The number of morpholine rings is 1. The molecule has 0 spiro atoms. The first-order chi connectivity index (χ1) is 10.7. The average Bonchev–Trinajstić information content (AvgIpc) is 3.00. The van der Waals surface area contributed by atoms with Crippen molar-refractivity contribution >= 4 is 27.6 Å². The molecule has 1 aromatic heterocycles. The highest BCUT2D eigenvalue weighted by Crippen LogP contribution is 2.33. The zero-order valence-electron chi connectivity index (χ0n) is 12.1. The van der Waals surface area contributed by atoms with E-state index in [4.69, 9.17) is 9.47 Å². The molecule has 2 heterocycles. The van der Waals surface area contributed by atoms with Crippen LogP contribution in [0.4, 0.5) is 5.69 Å². The minimum absolute atomic E-state index is 0.377. The van der Waals surface area contributed by atoms with Gasteiger partial charge in [-0.1, -0.05) is 28.1 Å². The van der Waals surface area contributed by atoms with E-state index in [0.29, 0.717) is 32.0 Å². The molecule has 1 aliphatic rings. The topological polar surface area (TPSA) is 67.5 Å². The Morgan fingerprint density at radius 2 is 2.00 bits per heavy atom. The second kappa shape index (κ2) is 6.50. The van der Waals surface area contributed by atoms with Crippen molar-refractivity contribution in [1.82, 2.24) is 10.2 Å². The van der Waals surface area contributed by atoms with Crippen LogP contribution in [0, 0.1) is 0 Å². The Hall–Kier alpha value is -1.86. The number of aromatic amines is 1. The van der Waals surface area contributed by atoms with Crippen molar-refractivity contribution in [3.63, 3.8) is 0 Å². The lowest BCUT2D eigenvalue weighted by molar-refractivity contribution is 0.0593.